The van der Waals surface area contributed by atoms with Gasteiger partial charge < -0.3 is 15.5 Å². The quantitative estimate of drug-likeness (QED) is 0.727. The van der Waals surface area contributed by atoms with Crippen LogP contribution in [0.1, 0.15) is 30.4 Å². The predicted octanol–water partition coefficient (Wildman–Crippen LogP) is 0.862. The van der Waals surface area contributed by atoms with Gasteiger partial charge in [-0.05, 0) is 50.4 Å². The Kier molecular flexibility index (Phi) is 6.73. The van der Waals surface area contributed by atoms with Gasteiger partial charge in [0, 0.05) is 6.04 Å². The number of aliphatic hydroxyl groups excluding tert-OH is 2. The first-order valence-corrected chi connectivity index (χ1v) is 8.49. The Morgan fingerprint density at radius 3 is 2.96 bits per heavy atom. The first-order chi connectivity index (χ1) is 12.0. The van der Waals surface area contributed by atoms with Gasteiger partial charge in [0.15, 0.2) is 0 Å². The molecule has 0 amide bonds. The molecule has 0 saturated carbocycles. The summed E-state index contributed by atoms with van der Waals surface area (Å²) in [7, 11) is 0. The second-order valence-corrected chi connectivity index (χ2v) is 6.66. The summed E-state index contributed by atoms with van der Waals surface area (Å²) < 4.78 is 1.36. The highest BCUT2D eigenvalue weighted by Crippen LogP contribution is 2.16. The maximum Gasteiger partial charge on any atom is 0.261 e. The molecular formula is C18H23ClN4O3. The first-order valence-electron chi connectivity index (χ1n) is 8.49. The lowest BCUT2D eigenvalue weighted by atomic mass is 9.96. The zero-order chi connectivity index (χ0) is 18.0. The number of fused-ring (bicyclic) bond motifs is 1. The zero-order valence-electron chi connectivity index (χ0n) is 14.6. The number of aliphatic hydroxyl groups is 2. The van der Waals surface area contributed by atoms with Crippen LogP contribution in [0.2, 0.25) is 0 Å². The molecule has 3 atom stereocenters. The van der Waals surface area contributed by atoms with Gasteiger partial charge in [0.25, 0.3) is 5.56 Å². The summed E-state index contributed by atoms with van der Waals surface area (Å²) in [6.07, 6.45) is 2.18. The molecule has 1 aliphatic heterocycles. The molecule has 0 unspecified atom stereocenters. The molecule has 140 valence electrons. The van der Waals surface area contributed by atoms with Crippen molar-refractivity contribution in [2.45, 2.75) is 51.0 Å². The van der Waals surface area contributed by atoms with Crippen molar-refractivity contribution in [2.75, 3.05) is 6.54 Å². The van der Waals surface area contributed by atoms with Gasteiger partial charge in [0.05, 0.1) is 47.6 Å². The fourth-order valence-electron chi connectivity index (χ4n) is 3.41. The Labute approximate surface area is 157 Å². The van der Waals surface area contributed by atoms with Crippen LogP contribution in [0.4, 0.5) is 0 Å². The summed E-state index contributed by atoms with van der Waals surface area (Å²) in [6, 6.07) is 5.11. The Hall–Kier alpha value is -1.98. The molecule has 0 spiro atoms. The number of hydrogen-bond acceptors (Lipinski definition) is 6. The van der Waals surface area contributed by atoms with Crippen LogP contribution in [0.25, 0.3) is 10.9 Å². The Bertz CT molecular complexity index is 877. The minimum absolute atomic E-state index is 0. The van der Waals surface area contributed by atoms with Crippen molar-refractivity contribution in [3.05, 3.63) is 39.9 Å². The molecule has 0 radical (unpaired) electrons. The average molecular weight is 379 g/mol. The Balaban J connectivity index is 0.00000243. The Morgan fingerprint density at radius 2 is 2.27 bits per heavy atom. The molecular weight excluding hydrogens is 356 g/mol. The minimum atomic E-state index is -0.776. The fourth-order valence-corrected chi connectivity index (χ4v) is 3.41. The van der Waals surface area contributed by atoms with Crippen LogP contribution in [0, 0.1) is 18.3 Å². The van der Waals surface area contributed by atoms with Gasteiger partial charge in [0.1, 0.15) is 0 Å². The number of benzene rings is 1. The van der Waals surface area contributed by atoms with Crippen LogP contribution in [0.15, 0.2) is 23.3 Å². The fraction of sp³-hybridized carbons (Fsp3) is 0.500. The van der Waals surface area contributed by atoms with Gasteiger partial charge in [-0.1, -0.05) is 0 Å². The summed E-state index contributed by atoms with van der Waals surface area (Å²) in [5, 5.41) is 33.0. The van der Waals surface area contributed by atoms with Gasteiger partial charge in [-0.2, -0.15) is 5.26 Å². The molecule has 26 heavy (non-hydrogen) atoms. The number of rotatable bonds is 4. The van der Waals surface area contributed by atoms with E-state index in [1.54, 1.807) is 6.07 Å². The number of aromatic nitrogens is 2. The Morgan fingerprint density at radius 1 is 1.50 bits per heavy atom. The van der Waals surface area contributed by atoms with Crippen molar-refractivity contribution in [3.8, 4) is 6.07 Å². The summed E-state index contributed by atoms with van der Waals surface area (Å²) >= 11 is 0. The number of aryl methyl sites for hydroxylation is 1. The average Bonchev–Trinajstić information content (AvgIpc) is 2.59. The van der Waals surface area contributed by atoms with Crippen molar-refractivity contribution in [2.24, 2.45) is 0 Å². The van der Waals surface area contributed by atoms with E-state index in [0.29, 0.717) is 22.9 Å². The predicted molar refractivity (Wildman–Crippen MR) is 100 cm³/mol. The van der Waals surface area contributed by atoms with E-state index >= 15 is 0 Å². The van der Waals surface area contributed by atoms with E-state index in [4.69, 9.17) is 5.26 Å². The van der Waals surface area contributed by atoms with Crippen LogP contribution in [0.5, 0.6) is 0 Å². The van der Waals surface area contributed by atoms with Crippen LogP contribution >= 0.6 is 12.4 Å². The van der Waals surface area contributed by atoms with Crippen molar-refractivity contribution >= 4 is 23.3 Å². The third-order valence-electron chi connectivity index (χ3n) is 4.73. The van der Waals surface area contributed by atoms with Gasteiger partial charge in [-0.3, -0.25) is 9.36 Å². The highest BCUT2D eigenvalue weighted by molar-refractivity contribution is 5.85. The molecule has 0 aliphatic carbocycles. The maximum atomic E-state index is 12.7. The molecule has 3 N–H and O–H groups in total. The molecule has 2 heterocycles. The lowest BCUT2D eigenvalue weighted by Gasteiger charge is -2.30. The molecule has 0 bridgehead atoms. The number of piperidine rings is 1. The summed E-state index contributed by atoms with van der Waals surface area (Å²) in [5.74, 6) is 0. The van der Waals surface area contributed by atoms with Crippen molar-refractivity contribution in [1.29, 1.82) is 5.26 Å². The van der Waals surface area contributed by atoms with Crippen LogP contribution in [-0.2, 0) is 6.54 Å². The molecule has 8 heteroatoms. The number of nitrogens with one attached hydrogen (secondary N) is 1. The minimum Gasteiger partial charge on any atom is -0.392 e. The van der Waals surface area contributed by atoms with E-state index in [0.717, 1.165) is 24.9 Å². The smallest absolute Gasteiger partial charge is 0.261 e. The number of halogens is 1. The lowest BCUT2D eigenvalue weighted by molar-refractivity contribution is 0.0539. The van der Waals surface area contributed by atoms with Crippen molar-refractivity contribution in [1.82, 2.24) is 14.9 Å². The van der Waals surface area contributed by atoms with Crippen LogP contribution in [-0.4, -0.2) is 44.6 Å². The summed E-state index contributed by atoms with van der Waals surface area (Å²) in [4.78, 5) is 17.0. The van der Waals surface area contributed by atoms with Crippen LogP contribution < -0.4 is 10.9 Å². The monoisotopic (exact) mass is 378 g/mol. The van der Waals surface area contributed by atoms with Gasteiger partial charge in [-0.15, -0.1) is 12.4 Å². The van der Waals surface area contributed by atoms with Gasteiger partial charge >= 0.3 is 0 Å². The summed E-state index contributed by atoms with van der Waals surface area (Å²) in [5.41, 5.74) is 1.48. The van der Waals surface area contributed by atoms with E-state index in [-0.39, 0.29) is 30.6 Å². The third kappa shape index (κ3) is 4.22. The van der Waals surface area contributed by atoms with E-state index in [1.165, 1.54) is 17.0 Å². The van der Waals surface area contributed by atoms with E-state index in [2.05, 4.69) is 10.3 Å². The van der Waals surface area contributed by atoms with E-state index in [1.807, 2.05) is 13.0 Å². The molecule has 1 fully saturated rings. The highest BCUT2D eigenvalue weighted by atomic mass is 35.5. The maximum absolute atomic E-state index is 12.7. The highest BCUT2D eigenvalue weighted by Gasteiger charge is 2.25. The summed E-state index contributed by atoms with van der Waals surface area (Å²) in [6.45, 7) is 2.73. The zero-order valence-corrected chi connectivity index (χ0v) is 15.4. The number of nitriles is 1. The van der Waals surface area contributed by atoms with E-state index < -0.39 is 12.2 Å². The van der Waals surface area contributed by atoms with Crippen molar-refractivity contribution < 1.29 is 10.2 Å². The SMILES string of the molecule is Cc1cc(C#N)cc2c(=O)n(C[C@@H](O)C[C@H]3NCCC[C@@H]3O)cnc12.Cl. The first kappa shape index (κ1) is 20.3. The largest absolute Gasteiger partial charge is 0.392 e. The number of nitrogens with zero attached hydrogens (tertiary/aromatic N) is 3. The molecule has 7 nitrogen and oxygen atoms in total. The normalized spacial score (nSPS) is 21.0. The lowest BCUT2D eigenvalue weighted by Crippen LogP contribution is -2.47. The van der Waals surface area contributed by atoms with Crippen molar-refractivity contribution in [3.63, 3.8) is 0 Å². The standard InChI is InChI=1S/C18H22N4O3.ClH/c1-11-5-12(8-19)6-14-17(11)21-10-22(18(14)25)9-13(23)7-15-16(24)3-2-4-20-15;/h5-6,10,13,15-16,20,23-24H,2-4,7,9H2,1H3;1H/t13-,15+,16-;/m0./s1. The van der Waals surface area contributed by atoms with Gasteiger partial charge in [-0.25, -0.2) is 4.98 Å². The molecule has 3 rings (SSSR count). The molecule has 1 aromatic heterocycles. The van der Waals surface area contributed by atoms with E-state index in [9.17, 15) is 15.0 Å². The van der Waals surface area contributed by atoms with Crippen LogP contribution in [0.3, 0.4) is 0 Å². The second kappa shape index (κ2) is 8.60. The number of hydrogen-bond donors (Lipinski definition) is 3. The second-order valence-electron chi connectivity index (χ2n) is 6.66. The molecule has 1 aromatic carbocycles. The molecule has 1 saturated heterocycles. The topological polar surface area (TPSA) is 111 Å². The molecule has 1 aliphatic rings. The van der Waals surface area contributed by atoms with Gasteiger partial charge in [0.2, 0.25) is 0 Å². The molecule has 2 aromatic rings. The third-order valence-corrected chi connectivity index (χ3v) is 4.73.